The summed E-state index contributed by atoms with van der Waals surface area (Å²) in [5, 5.41) is 29.6. The van der Waals surface area contributed by atoms with Crippen molar-refractivity contribution in [3.05, 3.63) is 0 Å². The fraction of sp³-hybridized carbons (Fsp3) is 0.571. The van der Waals surface area contributed by atoms with Crippen LogP contribution in [0.1, 0.15) is 13.8 Å². The Balaban J connectivity index is -0.0000000606. The molecule has 15 heavy (non-hydrogen) atoms. The molecule has 0 amide bonds. The summed E-state index contributed by atoms with van der Waals surface area (Å²) in [5.74, 6) is -3.24. The van der Waals surface area contributed by atoms with Crippen molar-refractivity contribution in [2.45, 2.75) is 13.8 Å². The van der Waals surface area contributed by atoms with Gasteiger partial charge in [-0.1, -0.05) is 0 Å². The van der Waals surface area contributed by atoms with E-state index >= 15 is 0 Å². The number of nitrogens with one attached hydrogen (secondary N) is 1. The molecule has 0 aliphatic rings. The monoisotopic (exact) mass is 262 g/mol. The SMILES string of the molecule is CC(=O)[O-].CC(=O)[O-].CNCC(=O)[O-].[Fe+3]. The van der Waals surface area contributed by atoms with Crippen molar-refractivity contribution in [2.24, 2.45) is 0 Å². The van der Waals surface area contributed by atoms with Crippen molar-refractivity contribution >= 4 is 17.9 Å². The summed E-state index contributed by atoms with van der Waals surface area (Å²) in [6.45, 7) is 1.87. The standard InChI is InChI=1S/C3H7NO2.2C2H4O2.Fe/c1-4-2-3(5)6;2*1-2(3)4;/h4H,2H2,1H3,(H,5,6);2*1H3,(H,3,4);/q;;;+3/p-3. The number of aliphatic carboxylic acids is 3. The average molecular weight is 262 g/mol. The number of likely N-dealkylation sites (N-methyl/N-ethyl adjacent to an activating group) is 1. The van der Waals surface area contributed by atoms with Gasteiger partial charge in [0.15, 0.2) is 0 Å². The Hall–Kier alpha value is -1.11. The second-order valence-corrected chi connectivity index (χ2v) is 1.89. The Morgan fingerprint density at radius 3 is 1.20 bits per heavy atom. The quantitative estimate of drug-likeness (QED) is 0.495. The van der Waals surface area contributed by atoms with Gasteiger partial charge in [0.1, 0.15) is 0 Å². The molecular weight excluding hydrogens is 250 g/mol. The van der Waals surface area contributed by atoms with E-state index in [1.165, 1.54) is 0 Å². The third-order valence-electron chi connectivity index (χ3n) is 0.321. The molecule has 0 heterocycles. The number of carboxylic acid groups (broad SMARTS) is 3. The topological polar surface area (TPSA) is 132 Å². The molecule has 0 rings (SSSR count). The molecule has 89 valence electrons. The largest absolute Gasteiger partial charge is 3.00 e. The Kier molecular flexibility index (Phi) is 29.3. The first-order chi connectivity index (χ1) is 6.23. The minimum Gasteiger partial charge on any atom is -0.550 e. The van der Waals surface area contributed by atoms with Crippen LogP contribution in [0.25, 0.3) is 0 Å². The fourth-order valence-corrected chi connectivity index (χ4v) is 0.144. The zero-order chi connectivity index (χ0) is 12.1. The minimum atomic E-state index is -1.08. The minimum absolute atomic E-state index is 0. The molecule has 7 nitrogen and oxygen atoms in total. The predicted molar refractivity (Wildman–Crippen MR) is 40.3 cm³/mol. The summed E-state index contributed by atoms with van der Waals surface area (Å²) in [6, 6.07) is 0. The summed E-state index contributed by atoms with van der Waals surface area (Å²) in [7, 11) is 1.55. The molecule has 0 aliphatic carbocycles. The molecule has 1 radical (unpaired) electrons. The summed E-state index contributed by atoms with van der Waals surface area (Å²) in [6.07, 6.45) is 0. The summed E-state index contributed by atoms with van der Waals surface area (Å²) < 4.78 is 0. The maximum atomic E-state index is 9.43. The van der Waals surface area contributed by atoms with Gasteiger partial charge in [-0.2, -0.15) is 0 Å². The van der Waals surface area contributed by atoms with Gasteiger partial charge in [-0.25, -0.2) is 0 Å². The van der Waals surface area contributed by atoms with Crippen molar-refractivity contribution in [1.29, 1.82) is 0 Å². The van der Waals surface area contributed by atoms with E-state index in [0.29, 0.717) is 0 Å². The van der Waals surface area contributed by atoms with E-state index in [4.69, 9.17) is 19.8 Å². The van der Waals surface area contributed by atoms with E-state index in [-0.39, 0.29) is 23.6 Å². The van der Waals surface area contributed by atoms with Gasteiger partial charge in [0.25, 0.3) is 0 Å². The number of carbonyl (C=O) groups is 3. The maximum Gasteiger partial charge on any atom is 3.00 e. The molecule has 0 atom stereocenters. The Morgan fingerprint density at radius 1 is 1.00 bits per heavy atom. The molecule has 1 N–H and O–H groups in total. The molecule has 0 saturated heterocycles. The number of hydrogen-bond donors (Lipinski definition) is 1. The number of carbonyl (C=O) groups excluding carboxylic acids is 3. The Labute approximate surface area is 98.0 Å². The molecule has 0 spiro atoms. The van der Waals surface area contributed by atoms with E-state index in [9.17, 15) is 9.90 Å². The van der Waals surface area contributed by atoms with E-state index < -0.39 is 17.9 Å². The Morgan fingerprint density at radius 2 is 1.20 bits per heavy atom. The average Bonchev–Trinajstić information content (AvgIpc) is 1.82. The van der Waals surface area contributed by atoms with Crippen LogP contribution in [-0.2, 0) is 31.5 Å². The van der Waals surface area contributed by atoms with Crippen LogP contribution in [0.15, 0.2) is 0 Å². The van der Waals surface area contributed by atoms with Gasteiger partial charge in [0.2, 0.25) is 0 Å². The predicted octanol–water partition coefficient (Wildman–Crippen LogP) is -4.53. The van der Waals surface area contributed by atoms with Crippen molar-refractivity contribution < 1.29 is 46.8 Å². The van der Waals surface area contributed by atoms with Gasteiger partial charge in [0, 0.05) is 18.5 Å². The smallest absolute Gasteiger partial charge is 0.550 e. The van der Waals surface area contributed by atoms with Crippen molar-refractivity contribution in [3.63, 3.8) is 0 Å². The molecule has 0 fully saturated rings. The molecule has 0 aromatic carbocycles. The molecule has 0 bridgehead atoms. The van der Waals surface area contributed by atoms with E-state index in [2.05, 4.69) is 5.32 Å². The first-order valence-electron chi connectivity index (χ1n) is 3.43. The van der Waals surface area contributed by atoms with Gasteiger partial charge < -0.3 is 35.0 Å². The van der Waals surface area contributed by atoms with Crippen LogP contribution in [0.3, 0.4) is 0 Å². The van der Waals surface area contributed by atoms with Crippen LogP contribution in [0.2, 0.25) is 0 Å². The zero-order valence-electron chi connectivity index (χ0n) is 8.51. The molecule has 8 heteroatoms. The Bertz CT molecular complexity index is 164. The van der Waals surface area contributed by atoms with E-state index in [1.54, 1.807) is 7.05 Å². The van der Waals surface area contributed by atoms with Crippen LogP contribution in [0.4, 0.5) is 0 Å². The van der Waals surface area contributed by atoms with Gasteiger partial charge in [-0.05, 0) is 20.9 Å². The first kappa shape index (κ1) is 23.6. The second kappa shape index (κ2) is 18.6. The fourth-order valence-electron chi connectivity index (χ4n) is 0.144. The summed E-state index contributed by atoms with van der Waals surface area (Å²) in [5.41, 5.74) is 0. The number of rotatable bonds is 2. The van der Waals surface area contributed by atoms with Gasteiger partial charge >= 0.3 is 17.1 Å². The molecule has 0 aliphatic heterocycles. The summed E-state index contributed by atoms with van der Waals surface area (Å²) in [4.78, 5) is 27.2. The van der Waals surface area contributed by atoms with Crippen LogP contribution in [0, 0.1) is 0 Å². The zero-order valence-corrected chi connectivity index (χ0v) is 9.61. The van der Waals surface area contributed by atoms with Crippen LogP contribution in [0.5, 0.6) is 0 Å². The van der Waals surface area contributed by atoms with E-state index in [0.717, 1.165) is 13.8 Å². The third-order valence-corrected chi connectivity index (χ3v) is 0.321. The van der Waals surface area contributed by atoms with Crippen LogP contribution < -0.4 is 20.6 Å². The van der Waals surface area contributed by atoms with Gasteiger partial charge in [-0.3, -0.25) is 0 Å². The molecule has 0 aromatic rings. The van der Waals surface area contributed by atoms with Gasteiger partial charge in [0.05, 0.1) is 5.97 Å². The summed E-state index contributed by atoms with van der Waals surface area (Å²) >= 11 is 0. The number of carboxylic acids is 3. The van der Waals surface area contributed by atoms with Crippen LogP contribution in [-0.4, -0.2) is 31.5 Å². The van der Waals surface area contributed by atoms with E-state index in [1.807, 2.05) is 0 Å². The molecule has 0 aromatic heterocycles. The molecular formula is C7H12FeNO6. The van der Waals surface area contributed by atoms with Crippen molar-refractivity contribution in [3.8, 4) is 0 Å². The number of hydrogen-bond acceptors (Lipinski definition) is 7. The second-order valence-electron chi connectivity index (χ2n) is 1.89. The normalized spacial score (nSPS) is 6.60. The van der Waals surface area contributed by atoms with Crippen molar-refractivity contribution in [1.82, 2.24) is 5.32 Å². The van der Waals surface area contributed by atoms with Gasteiger partial charge in [-0.15, -0.1) is 0 Å². The van der Waals surface area contributed by atoms with Crippen molar-refractivity contribution in [2.75, 3.05) is 13.6 Å². The first-order valence-corrected chi connectivity index (χ1v) is 3.43. The third kappa shape index (κ3) is 428. The maximum absolute atomic E-state index is 9.43. The molecule has 0 saturated carbocycles. The molecule has 0 unspecified atom stereocenters. The van der Waals surface area contributed by atoms with Crippen LogP contribution >= 0.6 is 0 Å².